The molecule has 0 aromatic heterocycles. The molecule has 2 radical (unpaired) electrons. The van der Waals surface area contributed by atoms with Crippen molar-refractivity contribution < 1.29 is 44.8 Å². The van der Waals surface area contributed by atoms with E-state index in [0.29, 0.717) is 0 Å². The van der Waals surface area contributed by atoms with E-state index in [0.717, 1.165) is 56.3 Å². The van der Waals surface area contributed by atoms with Crippen LogP contribution in [0.25, 0.3) is 48.6 Å². The van der Waals surface area contributed by atoms with E-state index in [1.807, 2.05) is 48.6 Å². The standard InChI is InChI=1S/2C33H30P2.2Au/c2*1-5-26-9-17-30(18-10-26)34(31-19-11-27(6-2)12-20-31)25-35(32-21-13-28(7-3)14-22-32)33-23-15-29(8-4)16-24-33;;/h2*5-24H,1-4,25H2;;/p+4. The Hall–Kier alpha value is -5.12. The molecule has 8 aromatic carbocycles. The maximum atomic E-state index is 3.93. The van der Waals surface area contributed by atoms with E-state index in [1.54, 1.807) is 0 Å². The molecule has 0 saturated carbocycles. The van der Waals surface area contributed by atoms with Crippen LogP contribution in [0.3, 0.4) is 0 Å². The van der Waals surface area contributed by atoms with Gasteiger partial charge in [-0.15, -0.1) is 0 Å². The van der Waals surface area contributed by atoms with E-state index >= 15 is 0 Å². The van der Waals surface area contributed by atoms with E-state index in [2.05, 4.69) is 247 Å². The van der Waals surface area contributed by atoms with Gasteiger partial charge in [-0.1, -0.05) is 198 Å². The van der Waals surface area contributed by atoms with Gasteiger partial charge in [0.15, 0.2) is 11.8 Å². The molecule has 0 nitrogen and oxygen atoms in total. The molecule has 0 aliphatic carbocycles. The minimum absolute atomic E-state index is 0. The van der Waals surface area contributed by atoms with Crippen molar-refractivity contribution in [2.24, 2.45) is 0 Å². The molecule has 0 saturated heterocycles. The third-order valence-electron chi connectivity index (χ3n) is 12.7. The molecule has 8 rings (SSSR count). The van der Waals surface area contributed by atoms with Crippen molar-refractivity contribution in [3.05, 3.63) is 291 Å². The van der Waals surface area contributed by atoms with Crippen molar-refractivity contribution in [2.45, 2.75) is 0 Å². The molecule has 72 heavy (non-hydrogen) atoms. The van der Waals surface area contributed by atoms with Gasteiger partial charge in [-0.2, -0.15) is 0 Å². The van der Waals surface area contributed by atoms with E-state index in [9.17, 15) is 0 Å². The summed E-state index contributed by atoms with van der Waals surface area (Å²) in [6, 6.07) is 71.8. The molecule has 0 heterocycles. The fraction of sp³-hybridized carbons (Fsp3) is 0.0303. The van der Waals surface area contributed by atoms with Crippen molar-refractivity contribution in [2.75, 3.05) is 11.8 Å². The third-order valence-corrected chi connectivity index (χ3v) is 26.6. The molecular formula is C66H64Au2P4+4. The van der Waals surface area contributed by atoms with Gasteiger partial charge in [0.2, 0.25) is 0 Å². The average Bonchev–Trinajstić information content (AvgIpc) is 3.44. The van der Waals surface area contributed by atoms with Crippen LogP contribution in [0, 0.1) is 0 Å². The van der Waals surface area contributed by atoms with Gasteiger partial charge in [0.1, 0.15) is 74.1 Å². The maximum absolute atomic E-state index is 3.93. The molecule has 0 aliphatic rings. The van der Waals surface area contributed by atoms with Gasteiger partial charge in [-0.05, 0) is 142 Å². The maximum Gasteiger partial charge on any atom is 0.174 e. The normalized spacial score (nSPS) is 10.5. The first-order valence-electron chi connectivity index (χ1n) is 23.6. The van der Waals surface area contributed by atoms with Crippen molar-refractivity contribution in [3.8, 4) is 0 Å². The van der Waals surface area contributed by atoms with Crippen molar-refractivity contribution in [3.63, 3.8) is 0 Å². The summed E-state index contributed by atoms with van der Waals surface area (Å²) in [6.07, 6.45) is 15.3. The van der Waals surface area contributed by atoms with Gasteiger partial charge in [0.25, 0.3) is 0 Å². The van der Waals surface area contributed by atoms with Crippen LogP contribution in [0.15, 0.2) is 247 Å². The van der Waals surface area contributed by atoms with Gasteiger partial charge in [0, 0.05) is 44.8 Å². The van der Waals surface area contributed by atoms with E-state index < -0.39 is 31.7 Å². The Morgan fingerprint density at radius 2 is 0.292 bits per heavy atom. The number of rotatable bonds is 20. The first-order valence-corrected chi connectivity index (χ1v) is 30.4. The average molecular weight is 1380 g/mol. The molecular weight excluding hydrogens is 1310 g/mol. The molecule has 0 atom stereocenters. The van der Waals surface area contributed by atoms with Gasteiger partial charge in [-0.25, -0.2) is 0 Å². The molecule has 0 spiro atoms. The van der Waals surface area contributed by atoms with Crippen LogP contribution >= 0.6 is 31.7 Å². The van der Waals surface area contributed by atoms with Gasteiger partial charge >= 0.3 is 0 Å². The third kappa shape index (κ3) is 15.5. The zero-order valence-electron chi connectivity index (χ0n) is 40.8. The summed E-state index contributed by atoms with van der Waals surface area (Å²) in [7, 11) is -4.14. The second-order valence-corrected chi connectivity index (χ2v) is 28.2. The van der Waals surface area contributed by atoms with Crippen molar-refractivity contribution in [1.29, 1.82) is 0 Å². The van der Waals surface area contributed by atoms with E-state index in [-0.39, 0.29) is 44.8 Å². The smallest absolute Gasteiger partial charge is 0.0985 e. The molecule has 6 heteroatoms. The Kier molecular flexibility index (Phi) is 23.7. The number of hydrogen-bond donors (Lipinski definition) is 0. The predicted octanol–water partition coefficient (Wildman–Crippen LogP) is 14.5. The molecule has 8 aromatic rings. The summed E-state index contributed by atoms with van der Waals surface area (Å²) in [5, 5.41) is 11.4. The van der Waals surface area contributed by atoms with Gasteiger partial charge < -0.3 is 0 Å². The molecule has 0 bridgehead atoms. The number of hydrogen-bond acceptors (Lipinski definition) is 0. The Morgan fingerprint density at radius 3 is 0.375 bits per heavy atom. The van der Waals surface area contributed by atoms with Crippen LogP contribution in [-0.4, -0.2) is 11.8 Å². The Bertz CT molecular complexity index is 2400. The minimum Gasteiger partial charge on any atom is -0.0985 e. The fourth-order valence-electron chi connectivity index (χ4n) is 8.40. The summed E-state index contributed by atoms with van der Waals surface area (Å²) in [5.74, 6) is 2.30. The van der Waals surface area contributed by atoms with Gasteiger partial charge in [-0.3, -0.25) is 0 Å². The summed E-state index contributed by atoms with van der Waals surface area (Å²) < 4.78 is 0. The van der Waals surface area contributed by atoms with Crippen LogP contribution in [0.1, 0.15) is 44.5 Å². The molecule has 0 amide bonds. The van der Waals surface area contributed by atoms with Crippen LogP contribution in [0.5, 0.6) is 0 Å². The Labute approximate surface area is 466 Å². The van der Waals surface area contributed by atoms with Crippen LogP contribution in [0.2, 0.25) is 0 Å². The first-order chi connectivity index (χ1) is 34.3. The van der Waals surface area contributed by atoms with E-state index in [4.69, 9.17) is 0 Å². The van der Waals surface area contributed by atoms with Gasteiger partial charge in [0.05, 0.1) is 0 Å². The number of benzene rings is 8. The molecule has 0 unspecified atom stereocenters. The molecule has 0 N–H and O–H groups in total. The van der Waals surface area contributed by atoms with Crippen LogP contribution in [-0.2, 0) is 44.8 Å². The second-order valence-electron chi connectivity index (χ2n) is 16.9. The zero-order chi connectivity index (χ0) is 49.2. The first kappa shape index (κ1) is 57.8. The predicted molar refractivity (Wildman–Crippen MR) is 332 cm³/mol. The molecule has 0 fully saturated rings. The largest absolute Gasteiger partial charge is 0.174 e. The van der Waals surface area contributed by atoms with Crippen molar-refractivity contribution in [1.82, 2.24) is 0 Å². The Morgan fingerprint density at radius 1 is 0.194 bits per heavy atom. The SMILES string of the molecule is C=Cc1ccc([PH+](C[PH+](c2ccc(C=C)cc2)c2ccc(C=C)cc2)c2ccc(C=C)cc2)cc1.C=Cc1ccc([PH+](C[PH+](c2ccc(C=C)cc2)c2ccc(C=C)cc2)c2ccc(C=C)cc2)cc1.[Au].[Au]. The quantitative estimate of drug-likeness (QED) is 0.0527. The summed E-state index contributed by atoms with van der Waals surface area (Å²) in [5.41, 5.74) is 9.24. The van der Waals surface area contributed by atoms with Crippen LogP contribution in [0.4, 0.5) is 0 Å². The fourth-order valence-corrected chi connectivity index (χ4v) is 23.6. The summed E-state index contributed by atoms with van der Waals surface area (Å²) in [6.45, 7) is 31.4. The summed E-state index contributed by atoms with van der Waals surface area (Å²) in [4.78, 5) is 0. The topological polar surface area (TPSA) is 0 Å². The molecule has 0 aliphatic heterocycles. The molecule has 366 valence electrons. The van der Waals surface area contributed by atoms with Crippen LogP contribution < -0.4 is 42.4 Å². The summed E-state index contributed by atoms with van der Waals surface area (Å²) >= 11 is 0. The minimum atomic E-state index is -1.04. The zero-order valence-corrected chi connectivity index (χ0v) is 49.1. The van der Waals surface area contributed by atoms with Crippen molar-refractivity contribution >= 4 is 123 Å². The Balaban J connectivity index is 0.000000260. The second kappa shape index (κ2) is 29.5. The van der Waals surface area contributed by atoms with E-state index in [1.165, 1.54) is 42.4 Å². The monoisotopic (exact) mass is 1370 g/mol.